The van der Waals surface area contributed by atoms with E-state index in [1.54, 1.807) is 0 Å². The Kier molecular flexibility index (Phi) is 6.07. The monoisotopic (exact) mass is 399 g/mol. The van der Waals surface area contributed by atoms with Crippen LogP contribution in [0.5, 0.6) is 5.75 Å². The van der Waals surface area contributed by atoms with Crippen LogP contribution >= 0.6 is 0 Å². The van der Waals surface area contributed by atoms with Gasteiger partial charge in [0, 0.05) is 24.4 Å². The van der Waals surface area contributed by atoms with Gasteiger partial charge in [0.25, 0.3) is 0 Å². The third-order valence-electron chi connectivity index (χ3n) is 3.68. The Bertz CT molecular complexity index is 1030. The molecule has 27 heavy (non-hydrogen) atoms. The number of para-hydroxylation sites is 1. The molecular formula is C18H16F3NO4S. The van der Waals surface area contributed by atoms with E-state index in [4.69, 9.17) is 0 Å². The van der Waals surface area contributed by atoms with E-state index in [0.29, 0.717) is 0 Å². The fourth-order valence-electron chi connectivity index (χ4n) is 2.25. The van der Waals surface area contributed by atoms with E-state index in [0.717, 1.165) is 24.3 Å². The fraction of sp³-hybridized carbons (Fsp3) is 0.167. The number of pyridine rings is 1. The molecule has 0 bridgehead atoms. The average Bonchev–Trinajstić information content (AvgIpc) is 2.57. The Morgan fingerprint density at radius 3 is 2.11 bits per heavy atom. The molecule has 0 aliphatic carbocycles. The second-order valence-corrected chi connectivity index (χ2v) is 6.95. The van der Waals surface area contributed by atoms with Crippen LogP contribution < -0.4 is 9.30 Å². The highest BCUT2D eigenvalue weighted by Crippen LogP contribution is 2.23. The summed E-state index contributed by atoms with van der Waals surface area (Å²) >= 11 is 0. The van der Waals surface area contributed by atoms with Crippen molar-refractivity contribution in [2.24, 2.45) is 7.05 Å². The van der Waals surface area contributed by atoms with Crippen molar-refractivity contribution in [3.63, 3.8) is 0 Å². The van der Waals surface area contributed by atoms with Gasteiger partial charge >= 0.3 is 6.36 Å². The number of halogens is 3. The van der Waals surface area contributed by atoms with Gasteiger partial charge in [0.05, 0.1) is 4.90 Å². The van der Waals surface area contributed by atoms with Crippen molar-refractivity contribution in [2.45, 2.75) is 18.2 Å². The van der Waals surface area contributed by atoms with Crippen molar-refractivity contribution in [1.29, 1.82) is 0 Å². The number of rotatable bonds is 2. The smallest absolute Gasteiger partial charge is 0.573 e. The Hall–Kier alpha value is -2.65. The highest BCUT2D eigenvalue weighted by molar-refractivity contribution is 7.85. The summed E-state index contributed by atoms with van der Waals surface area (Å²) in [7, 11) is -2.56. The van der Waals surface area contributed by atoms with Gasteiger partial charge < -0.3 is 9.29 Å². The maximum atomic E-state index is 11.7. The van der Waals surface area contributed by atoms with Crippen molar-refractivity contribution < 1.29 is 35.4 Å². The lowest BCUT2D eigenvalue weighted by Crippen LogP contribution is -2.32. The van der Waals surface area contributed by atoms with Crippen molar-refractivity contribution >= 4 is 21.0 Å². The molecule has 0 fully saturated rings. The van der Waals surface area contributed by atoms with Gasteiger partial charge in [0.15, 0.2) is 5.69 Å². The minimum absolute atomic E-state index is 0.588. The topological polar surface area (TPSA) is 70.3 Å². The molecule has 2 aromatic carbocycles. The first-order valence-corrected chi connectivity index (χ1v) is 9.04. The summed E-state index contributed by atoms with van der Waals surface area (Å²) in [5.41, 5.74) is 2.58. The lowest BCUT2D eigenvalue weighted by atomic mass is 10.2. The van der Waals surface area contributed by atoms with Crippen molar-refractivity contribution in [2.75, 3.05) is 0 Å². The number of fused-ring (bicyclic) bond motifs is 1. The number of ether oxygens (including phenoxy) is 1. The largest absolute Gasteiger partial charge is 0.744 e. The molecule has 0 atom stereocenters. The molecule has 0 N–H and O–H groups in total. The summed E-state index contributed by atoms with van der Waals surface area (Å²) < 4.78 is 71.9. The van der Waals surface area contributed by atoms with Crippen LogP contribution in [0.25, 0.3) is 10.9 Å². The molecule has 1 aromatic heterocycles. The molecule has 0 aliphatic heterocycles. The number of benzene rings is 2. The van der Waals surface area contributed by atoms with Crippen LogP contribution in [-0.2, 0) is 17.2 Å². The highest BCUT2D eigenvalue weighted by atomic mass is 32.2. The second-order valence-electron chi connectivity index (χ2n) is 5.57. The van der Waals surface area contributed by atoms with E-state index in [1.807, 2.05) is 0 Å². The number of aryl methyl sites for hydroxylation is 2. The van der Waals surface area contributed by atoms with Crippen LogP contribution in [0.1, 0.15) is 5.69 Å². The van der Waals surface area contributed by atoms with E-state index in [1.165, 1.54) is 16.6 Å². The van der Waals surface area contributed by atoms with E-state index < -0.39 is 27.1 Å². The van der Waals surface area contributed by atoms with Gasteiger partial charge in [0.2, 0.25) is 5.52 Å². The van der Waals surface area contributed by atoms with Gasteiger partial charge in [-0.1, -0.05) is 12.1 Å². The zero-order valence-electron chi connectivity index (χ0n) is 14.4. The molecule has 0 radical (unpaired) electrons. The Morgan fingerprint density at radius 1 is 0.963 bits per heavy atom. The van der Waals surface area contributed by atoms with Gasteiger partial charge in [-0.3, -0.25) is 0 Å². The summed E-state index contributed by atoms with van der Waals surface area (Å²) in [4.78, 5) is -0.614. The molecule has 0 amide bonds. The predicted octanol–water partition coefficient (Wildman–Crippen LogP) is 3.46. The molecule has 0 unspecified atom stereocenters. The molecule has 1 heterocycles. The molecule has 5 nitrogen and oxygen atoms in total. The lowest BCUT2D eigenvalue weighted by molar-refractivity contribution is -0.651. The number of hydrogen-bond donors (Lipinski definition) is 0. The van der Waals surface area contributed by atoms with Crippen molar-refractivity contribution in [3.05, 3.63) is 66.4 Å². The van der Waals surface area contributed by atoms with E-state index >= 15 is 0 Å². The van der Waals surface area contributed by atoms with Gasteiger partial charge in [-0.15, -0.1) is 13.2 Å². The van der Waals surface area contributed by atoms with Crippen LogP contribution in [0, 0.1) is 6.92 Å². The average molecular weight is 399 g/mol. The fourth-order valence-corrected chi connectivity index (χ4v) is 2.72. The van der Waals surface area contributed by atoms with Crippen LogP contribution in [0.15, 0.2) is 65.6 Å². The third kappa shape index (κ3) is 5.93. The van der Waals surface area contributed by atoms with E-state index in [2.05, 4.69) is 59.7 Å². The maximum absolute atomic E-state index is 11.7. The van der Waals surface area contributed by atoms with Gasteiger partial charge in [-0.25, -0.2) is 8.42 Å². The minimum Gasteiger partial charge on any atom is -0.744 e. The van der Waals surface area contributed by atoms with Crippen LogP contribution in [0.2, 0.25) is 0 Å². The van der Waals surface area contributed by atoms with Gasteiger partial charge in [-0.05, 0) is 36.4 Å². The SMILES string of the molecule is Cc1ccc2ccccc2[n+]1C.O=S(=O)([O-])c1ccc(OC(F)(F)F)cc1. The molecule has 144 valence electrons. The van der Waals surface area contributed by atoms with Crippen LogP contribution in [0.3, 0.4) is 0 Å². The standard InChI is InChI=1S/C11H12N.C7H5F3O4S/c1-9-7-8-10-5-3-4-6-11(10)12(9)2;8-7(9,10)14-5-1-3-6(4-2-5)15(11,12)13/h3-8H,1-2H3;1-4H,(H,11,12,13)/q+1;/p-1. The molecule has 3 rings (SSSR count). The van der Waals surface area contributed by atoms with Gasteiger partial charge in [0.1, 0.15) is 22.9 Å². The van der Waals surface area contributed by atoms with Crippen molar-refractivity contribution in [1.82, 2.24) is 0 Å². The van der Waals surface area contributed by atoms with E-state index in [-0.39, 0.29) is 0 Å². The first kappa shape index (κ1) is 20.7. The molecular weight excluding hydrogens is 383 g/mol. The third-order valence-corrected chi connectivity index (χ3v) is 4.53. The predicted molar refractivity (Wildman–Crippen MR) is 90.9 cm³/mol. The van der Waals surface area contributed by atoms with Crippen molar-refractivity contribution in [3.8, 4) is 5.75 Å². The lowest BCUT2D eigenvalue weighted by Gasteiger charge is -2.10. The van der Waals surface area contributed by atoms with Crippen LogP contribution in [0.4, 0.5) is 13.2 Å². The Balaban J connectivity index is 0.000000198. The summed E-state index contributed by atoms with van der Waals surface area (Å²) in [6.45, 7) is 2.12. The summed E-state index contributed by atoms with van der Waals surface area (Å²) in [5.74, 6) is -0.588. The number of alkyl halides is 3. The number of hydrogen-bond acceptors (Lipinski definition) is 4. The molecule has 0 spiro atoms. The van der Waals surface area contributed by atoms with E-state index in [9.17, 15) is 26.1 Å². The summed E-state index contributed by atoms with van der Waals surface area (Å²) in [6.07, 6.45) is -4.85. The first-order chi connectivity index (χ1) is 12.5. The van der Waals surface area contributed by atoms with Gasteiger partial charge in [-0.2, -0.15) is 4.57 Å². The van der Waals surface area contributed by atoms with Crippen LogP contribution in [-0.4, -0.2) is 19.3 Å². The molecule has 9 heteroatoms. The first-order valence-electron chi connectivity index (χ1n) is 7.63. The molecule has 0 saturated carbocycles. The summed E-state index contributed by atoms with van der Waals surface area (Å²) in [6, 6.07) is 15.7. The zero-order valence-corrected chi connectivity index (χ0v) is 15.2. The number of aromatic nitrogens is 1. The zero-order chi connectivity index (χ0) is 20.2. The second kappa shape index (κ2) is 7.93. The summed E-state index contributed by atoms with van der Waals surface area (Å²) in [5, 5.41) is 1.30. The Labute approximate surface area is 154 Å². The molecule has 0 aliphatic rings. The minimum atomic E-state index is -4.85. The Morgan fingerprint density at radius 2 is 1.56 bits per heavy atom. The number of nitrogens with zero attached hydrogens (tertiary/aromatic N) is 1. The quantitative estimate of drug-likeness (QED) is 0.489. The molecule has 0 saturated heterocycles. The normalized spacial score (nSPS) is 11.6. The highest BCUT2D eigenvalue weighted by Gasteiger charge is 2.31. The molecule has 3 aromatic rings. The maximum Gasteiger partial charge on any atom is 0.573 e.